The highest BCUT2D eigenvalue weighted by molar-refractivity contribution is 6.30. The van der Waals surface area contributed by atoms with Gasteiger partial charge in [-0.3, -0.25) is 9.98 Å². The quantitative estimate of drug-likeness (QED) is 0.488. The maximum atomic E-state index is 5.86. The van der Waals surface area contributed by atoms with Gasteiger partial charge in [0.05, 0.1) is 12.7 Å². The standard InChI is InChI=1S/C16H19ClN4O/c1-18-16(21-11-13-4-6-14(17)7-5-13)20-9-10-22-15-3-2-8-19-12-15/h2-8,12H,9-11H2,1H3,(H2,18,20,21). The summed E-state index contributed by atoms with van der Waals surface area (Å²) < 4.78 is 5.55. The van der Waals surface area contributed by atoms with Crippen LogP contribution >= 0.6 is 11.6 Å². The summed E-state index contributed by atoms with van der Waals surface area (Å²) in [5.41, 5.74) is 1.14. The Labute approximate surface area is 135 Å². The van der Waals surface area contributed by atoms with Gasteiger partial charge in [-0.25, -0.2) is 0 Å². The first-order valence-electron chi connectivity index (χ1n) is 7.00. The van der Waals surface area contributed by atoms with Gasteiger partial charge in [-0.2, -0.15) is 0 Å². The molecule has 5 nitrogen and oxygen atoms in total. The lowest BCUT2D eigenvalue weighted by Crippen LogP contribution is -2.38. The lowest BCUT2D eigenvalue weighted by atomic mass is 10.2. The van der Waals surface area contributed by atoms with Crippen LogP contribution < -0.4 is 15.4 Å². The minimum atomic E-state index is 0.535. The molecule has 22 heavy (non-hydrogen) atoms. The number of rotatable bonds is 6. The van der Waals surface area contributed by atoms with E-state index in [1.165, 1.54) is 0 Å². The molecule has 1 heterocycles. The zero-order valence-electron chi connectivity index (χ0n) is 12.4. The van der Waals surface area contributed by atoms with Crippen LogP contribution in [0.25, 0.3) is 0 Å². The Morgan fingerprint density at radius 1 is 1.23 bits per heavy atom. The van der Waals surface area contributed by atoms with E-state index in [9.17, 15) is 0 Å². The van der Waals surface area contributed by atoms with Crippen LogP contribution in [0.5, 0.6) is 5.75 Å². The molecule has 0 aliphatic carbocycles. The summed E-state index contributed by atoms with van der Waals surface area (Å²) in [6.07, 6.45) is 3.40. The molecular weight excluding hydrogens is 300 g/mol. The molecule has 1 aromatic carbocycles. The molecule has 0 aliphatic rings. The van der Waals surface area contributed by atoms with E-state index < -0.39 is 0 Å². The molecule has 2 aromatic rings. The van der Waals surface area contributed by atoms with Gasteiger partial charge in [-0.1, -0.05) is 23.7 Å². The number of halogens is 1. The lowest BCUT2D eigenvalue weighted by molar-refractivity contribution is 0.320. The Morgan fingerprint density at radius 3 is 2.73 bits per heavy atom. The largest absolute Gasteiger partial charge is 0.490 e. The van der Waals surface area contributed by atoms with E-state index >= 15 is 0 Å². The van der Waals surface area contributed by atoms with Gasteiger partial charge in [0.1, 0.15) is 12.4 Å². The van der Waals surface area contributed by atoms with Crippen molar-refractivity contribution in [3.05, 3.63) is 59.4 Å². The van der Waals surface area contributed by atoms with Crippen molar-refractivity contribution in [2.24, 2.45) is 4.99 Å². The van der Waals surface area contributed by atoms with E-state index in [4.69, 9.17) is 16.3 Å². The second-order valence-electron chi connectivity index (χ2n) is 4.52. The van der Waals surface area contributed by atoms with Crippen molar-refractivity contribution >= 4 is 17.6 Å². The van der Waals surface area contributed by atoms with E-state index in [2.05, 4.69) is 20.6 Å². The summed E-state index contributed by atoms with van der Waals surface area (Å²) in [5.74, 6) is 1.48. The lowest BCUT2D eigenvalue weighted by Gasteiger charge is -2.12. The number of hydrogen-bond donors (Lipinski definition) is 2. The molecule has 0 saturated carbocycles. The number of aliphatic imine (C=N–C) groups is 1. The normalized spacial score (nSPS) is 11.1. The maximum absolute atomic E-state index is 5.86. The smallest absolute Gasteiger partial charge is 0.191 e. The first-order chi connectivity index (χ1) is 10.8. The molecule has 2 N–H and O–H groups in total. The molecule has 1 aromatic heterocycles. The van der Waals surface area contributed by atoms with Crippen molar-refractivity contribution in [3.8, 4) is 5.75 Å². The van der Waals surface area contributed by atoms with Crippen LogP contribution in [0.2, 0.25) is 5.02 Å². The van der Waals surface area contributed by atoms with E-state index in [0.717, 1.165) is 22.3 Å². The third-order valence-electron chi connectivity index (χ3n) is 2.89. The summed E-state index contributed by atoms with van der Waals surface area (Å²) in [5, 5.41) is 7.16. The van der Waals surface area contributed by atoms with Gasteiger partial charge < -0.3 is 15.4 Å². The van der Waals surface area contributed by atoms with E-state index in [-0.39, 0.29) is 0 Å². The number of guanidine groups is 1. The summed E-state index contributed by atoms with van der Waals surface area (Å²) in [4.78, 5) is 8.16. The zero-order valence-corrected chi connectivity index (χ0v) is 13.2. The van der Waals surface area contributed by atoms with E-state index in [1.807, 2.05) is 36.4 Å². The minimum Gasteiger partial charge on any atom is -0.490 e. The van der Waals surface area contributed by atoms with Crippen LogP contribution in [0.3, 0.4) is 0 Å². The van der Waals surface area contributed by atoms with Crippen molar-refractivity contribution in [1.29, 1.82) is 0 Å². The second kappa shape index (κ2) is 8.89. The average Bonchev–Trinajstić information content (AvgIpc) is 2.57. The Bertz CT molecular complexity index is 587. The minimum absolute atomic E-state index is 0.535. The predicted molar refractivity (Wildman–Crippen MR) is 89.4 cm³/mol. The topological polar surface area (TPSA) is 58.5 Å². The molecule has 0 bridgehead atoms. The average molecular weight is 319 g/mol. The van der Waals surface area contributed by atoms with Crippen molar-refractivity contribution in [2.75, 3.05) is 20.2 Å². The molecule has 0 atom stereocenters. The third-order valence-corrected chi connectivity index (χ3v) is 3.15. The summed E-state index contributed by atoms with van der Waals surface area (Å²) in [6.45, 7) is 1.86. The molecule has 6 heteroatoms. The van der Waals surface area contributed by atoms with Gasteiger partial charge in [0.25, 0.3) is 0 Å². The SMILES string of the molecule is CN=C(NCCOc1cccnc1)NCc1ccc(Cl)cc1. The maximum Gasteiger partial charge on any atom is 0.191 e. The molecule has 0 aliphatic heterocycles. The van der Waals surface area contributed by atoms with Gasteiger partial charge in [0.2, 0.25) is 0 Å². The molecule has 0 spiro atoms. The van der Waals surface area contributed by atoms with Crippen LogP contribution in [0.4, 0.5) is 0 Å². The van der Waals surface area contributed by atoms with E-state index in [0.29, 0.717) is 19.7 Å². The first kappa shape index (κ1) is 16.1. The number of ether oxygens (including phenoxy) is 1. The van der Waals surface area contributed by atoms with Crippen LogP contribution in [0.15, 0.2) is 53.8 Å². The Morgan fingerprint density at radius 2 is 2.05 bits per heavy atom. The van der Waals surface area contributed by atoms with Gasteiger partial charge in [-0.15, -0.1) is 0 Å². The number of nitrogens with zero attached hydrogens (tertiary/aromatic N) is 2. The number of hydrogen-bond acceptors (Lipinski definition) is 3. The molecule has 0 saturated heterocycles. The molecule has 0 amide bonds. The highest BCUT2D eigenvalue weighted by Gasteiger charge is 1.99. The Kier molecular flexibility index (Phi) is 6.51. The second-order valence-corrected chi connectivity index (χ2v) is 4.95. The van der Waals surface area contributed by atoms with Gasteiger partial charge in [-0.05, 0) is 29.8 Å². The van der Waals surface area contributed by atoms with Crippen LogP contribution in [-0.4, -0.2) is 31.1 Å². The van der Waals surface area contributed by atoms with Gasteiger partial charge in [0.15, 0.2) is 5.96 Å². The Hall–Kier alpha value is -2.27. The summed E-state index contributed by atoms with van der Waals surface area (Å²) in [7, 11) is 1.74. The number of benzene rings is 1. The predicted octanol–water partition coefficient (Wildman–Crippen LogP) is 2.48. The summed E-state index contributed by atoms with van der Waals surface area (Å²) >= 11 is 5.86. The number of pyridine rings is 1. The fraction of sp³-hybridized carbons (Fsp3) is 0.250. The fourth-order valence-corrected chi connectivity index (χ4v) is 1.91. The molecule has 0 unspecified atom stereocenters. The molecule has 0 fully saturated rings. The van der Waals surface area contributed by atoms with Crippen LogP contribution in [-0.2, 0) is 6.54 Å². The van der Waals surface area contributed by atoms with Crippen molar-refractivity contribution < 1.29 is 4.74 Å². The number of aromatic nitrogens is 1. The summed E-state index contributed by atoms with van der Waals surface area (Å²) in [6, 6.07) is 11.4. The molecule has 0 radical (unpaired) electrons. The monoisotopic (exact) mass is 318 g/mol. The van der Waals surface area contributed by atoms with Crippen molar-refractivity contribution in [2.45, 2.75) is 6.54 Å². The molecular formula is C16H19ClN4O. The third kappa shape index (κ3) is 5.61. The number of nitrogens with one attached hydrogen (secondary N) is 2. The Balaban J connectivity index is 1.68. The van der Waals surface area contributed by atoms with Crippen LogP contribution in [0.1, 0.15) is 5.56 Å². The fourth-order valence-electron chi connectivity index (χ4n) is 1.78. The van der Waals surface area contributed by atoms with Gasteiger partial charge >= 0.3 is 0 Å². The van der Waals surface area contributed by atoms with Crippen LogP contribution in [0, 0.1) is 0 Å². The molecule has 2 rings (SSSR count). The van der Waals surface area contributed by atoms with E-state index in [1.54, 1.807) is 19.4 Å². The van der Waals surface area contributed by atoms with Crippen molar-refractivity contribution in [1.82, 2.24) is 15.6 Å². The zero-order chi connectivity index (χ0) is 15.6. The van der Waals surface area contributed by atoms with Crippen molar-refractivity contribution in [3.63, 3.8) is 0 Å². The molecule has 116 valence electrons. The van der Waals surface area contributed by atoms with Gasteiger partial charge in [0, 0.05) is 24.8 Å². The first-order valence-corrected chi connectivity index (χ1v) is 7.37. The highest BCUT2D eigenvalue weighted by atomic mass is 35.5. The highest BCUT2D eigenvalue weighted by Crippen LogP contribution is 2.09.